The van der Waals surface area contributed by atoms with Crippen LogP contribution < -0.4 is 0 Å². The molecule has 1 rings (SSSR count). The molecule has 0 aliphatic heterocycles. The molecule has 0 fully saturated rings. The molecule has 0 unspecified atom stereocenters. The molecule has 1 heterocycles. The van der Waals surface area contributed by atoms with Crippen LogP contribution in [0.2, 0.25) is 0 Å². The fraction of sp³-hybridized carbons (Fsp3) is 0.625. The predicted octanol–water partition coefficient (Wildman–Crippen LogP) is 3.03. The van der Waals surface area contributed by atoms with Gasteiger partial charge in [0.1, 0.15) is 5.60 Å². The second-order valence-corrected chi connectivity index (χ2v) is 5.90. The summed E-state index contributed by atoms with van der Waals surface area (Å²) in [6.45, 7) is 5.60. The number of unbranched alkanes of at least 4 members (excludes halogenated alkanes) is 3. The monoisotopic (exact) mass is 276 g/mol. The molecule has 0 saturated heterocycles. The van der Waals surface area contributed by atoms with Gasteiger partial charge in [-0.05, 0) is 40.0 Å². The quantitative estimate of drug-likeness (QED) is 0.473. The van der Waals surface area contributed by atoms with Crippen molar-refractivity contribution in [2.24, 2.45) is 0 Å². The zero-order valence-electron chi connectivity index (χ0n) is 12.7. The number of esters is 1. The second kappa shape index (κ2) is 7.74. The van der Waals surface area contributed by atoms with Crippen LogP contribution in [0.1, 0.15) is 57.7 Å². The van der Waals surface area contributed by atoms with E-state index >= 15 is 0 Å². The van der Waals surface area contributed by atoms with Gasteiger partial charge in [0.2, 0.25) is 0 Å². The van der Waals surface area contributed by atoms with E-state index in [1.807, 2.05) is 20.8 Å². The molecule has 0 radical (unpaired) electrons. The molecule has 4 nitrogen and oxygen atoms in total. The number of hydrogen-bond donors (Lipinski definition) is 1. The van der Waals surface area contributed by atoms with Crippen molar-refractivity contribution in [3.63, 3.8) is 0 Å². The van der Waals surface area contributed by atoms with Crippen LogP contribution in [-0.2, 0) is 22.4 Å². The van der Waals surface area contributed by atoms with Crippen molar-refractivity contribution >= 4 is 5.97 Å². The summed E-state index contributed by atoms with van der Waals surface area (Å²) in [5.74, 6) is 2.42. The highest BCUT2D eigenvalue weighted by Gasteiger charge is 2.18. The lowest BCUT2D eigenvalue weighted by Crippen LogP contribution is -2.25. The molecule has 1 aromatic rings. The van der Waals surface area contributed by atoms with Gasteiger partial charge in [0, 0.05) is 17.7 Å². The van der Waals surface area contributed by atoms with E-state index < -0.39 is 5.60 Å². The third-order valence-electron chi connectivity index (χ3n) is 2.81. The number of ether oxygens (including phenoxy) is 1. The van der Waals surface area contributed by atoms with Crippen molar-refractivity contribution in [1.29, 1.82) is 0 Å². The average molecular weight is 276 g/mol. The summed E-state index contributed by atoms with van der Waals surface area (Å²) in [6, 6.07) is 0. The Morgan fingerprint density at radius 3 is 2.80 bits per heavy atom. The molecule has 1 aromatic heterocycles. The molecule has 0 bridgehead atoms. The van der Waals surface area contributed by atoms with Crippen molar-refractivity contribution in [3.05, 3.63) is 17.5 Å². The van der Waals surface area contributed by atoms with E-state index in [-0.39, 0.29) is 12.4 Å². The summed E-state index contributed by atoms with van der Waals surface area (Å²) >= 11 is 0. The molecule has 0 aliphatic rings. The van der Waals surface area contributed by atoms with Gasteiger partial charge in [-0.2, -0.15) is 5.10 Å². The highest BCUT2D eigenvalue weighted by molar-refractivity contribution is 5.73. The minimum atomic E-state index is -0.448. The molecule has 1 N–H and O–H groups in total. The summed E-state index contributed by atoms with van der Waals surface area (Å²) in [5, 5.41) is 6.99. The number of rotatable bonds is 7. The standard InChI is InChI=1S/C16H24N2O2/c1-5-6-7-8-9-10-14-13(12-17-18-14)11-15(19)20-16(2,3)4/h1,12H,6-11H2,2-4H3,(H,17,18). The average Bonchev–Trinajstić information content (AvgIpc) is 2.74. The number of terminal acetylenes is 1. The first-order chi connectivity index (χ1) is 9.42. The summed E-state index contributed by atoms with van der Waals surface area (Å²) in [7, 11) is 0. The summed E-state index contributed by atoms with van der Waals surface area (Å²) < 4.78 is 5.32. The first-order valence-corrected chi connectivity index (χ1v) is 7.09. The summed E-state index contributed by atoms with van der Waals surface area (Å²) in [6.07, 6.45) is 12.1. The lowest BCUT2D eigenvalue weighted by atomic mass is 10.1. The van der Waals surface area contributed by atoms with Crippen LogP contribution in [0.15, 0.2) is 6.20 Å². The van der Waals surface area contributed by atoms with Crippen LogP contribution in [-0.4, -0.2) is 21.8 Å². The van der Waals surface area contributed by atoms with Gasteiger partial charge >= 0.3 is 5.97 Å². The molecule has 20 heavy (non-hydrogen) atoms. The summed E-state index contributed by atoms with van der Waals surface area (Å²) in [5.41, 5.74) is 1.50. The molecule has 0 atom stereocenters. The van der Waals surface area contributed by atoms with Crippen LogP contribution in [0.3, 0.4) is 0 Å². The van der Waals surface area contributed by atoms with E-state index in [9.17, 15) is 4.79 Å². The Hall–Kier alpha value is -1.76. The zero-order chi connectivity index (χ0) is 15.0. The number of nitrogens with one attached hydrogen (secondary N) is 1. The lowest BCUT2D eigenvalue weighted by Gasteiger charge is -2.19. The number of aromatic nitrogens is 2. The van der Waals surface area contributed by atoms with Gasteiger partial charge < -0.3 is 4.74 Å². The van der Waals surface area contributed by atoms with Gasteiger partial charge in [-0.1, -0.05) is 6.42 Å². The van der Waals surface area contributed by atoms with Crippen molar-refractivity contribution in [2.45, 2.75) is 64.9 Å². The SMILES string of the molecule is C#CCCCCCc1[nH]ncc1CC(=O)OC(C)(C)C. The Balaban J connectivity index is 2.42. The Labute approximate surface area is 121 Å². The van der Waals surface area contributed by atoms with E-state index in [0.717, 1.165) is 43.4 Å². The number of carbonyl (C=O) groups excluding carboxylic acids is 1. The van der Waals surface area contributed by atoms with Gasteiger partial charge in [0.25, 0.3) is 0 Å². The minimum absolute atomic E-state index is 0.215. The van der Waals surface area contributed by atoms with E-state index in [1.165, 1.54) is 0 Å². The molecular formula is C16H24N2O2. The first-order valence-electron chi connectivity index (χ1n) is 7.09. The topological polar surface area (TPSA) is 55.0 Å². The highest BCUT2D eigenvalue weighted by Crippen LogP contribution is 2.14. The third kappa shape index (κ3) is 6.42. The highest BCUT2D eigenvalue weighted by atomic mass is 16.6. The Bertz CT molecular complexity index is 464. The molecule has 0 aliphatic carbocycles. The van der Waals surface area contributed by atoms with E-state index in [2.05, 4.69) is 16.1 Å². The van der Waals surface area contributed by atoms with Gasteiger partial charge in [0.05, 0.1) is 12.6 Å². The summed E-state index contributed by atoms with van der Waals surface area (Å²) in [4.78, 5) is 11.8. The van der Waals surface area contributed by atoms with Crippen molar-refractivity contribution in [3.8, 4) is 12.3 Å². The molecule has 0 aromatic carbocycles. The molecular weight excluding hydrogens is 252 g/mol. The number of aryl methyl sites for hydroxylation is 1. The maximum Gasteiger partial charge on any atom is 0.310 e. The number of H-pyrrole nitrogens is 1. The maximum atomic E-state index is 11.8. The minimum Gasteiger partial charge on any atom is -0.460 e. The van der Waals surface area contributed by atoms with E-state index in [1.54, 1.807) is 6.20 Å². The Morgan fingerprint density at radius 1 is 1.40 bits per heavy atom. The number of nitrogens with zero attached hydrogens (tertiary/aromatic N) is 1. The van der Waals surface area contributed by atoms with Crippen molar-refractivity contribution < 1.29 is 9.53 Å². The van der Waals surface area contributed by atoms with Gasteiger partial charge in [-0.15, -0.1) is 12.3 Å². The van der Waals surface area contributed by atoms with Crippen LogP contribution in [0.5, 0.6) is 0 Å². The van der Waals surface area contributed by atoms with Crippen LogP contribution in [0, 0.1) is 12.3 Å². The Morgan fingerprint density at radius 2 is 2.15 bits per heavy atom. The molecule has 110 valence electrons. The van der Waals surface area contributed by atoms with Crippen LogP contribution in [0.25, 0.3) is 0 Å². The second-order valence-electron chi connectivity index (χ2n) is 5.90. The smallest absolute Gasteiger partial charge is 0.310 e. The predicted molar refractivity (Wildman–Crippen MR) is 79.1 cm³/mol. The first kappa shape index (κ1) is 16.3. The maximum absolute atomic E-state index is 11.8. The molecule has 0 saturated carbocycles. The van der Waals surface area contributed by atoms with Gasteiger partial charge in [-0.25, -0.2) is 0 Å². The van der Waals surface area contributed by atoms with Gasteiger partial charge in [-0.3, -0.25) is 9.89 Å². The fourth-order valence-corrected chi connectivity index (χ4v) is 1.95. The third-order valence-corrected chi connectivity index (χ3v) is 2.81. The van der Waals surface area contributed by atoms with E-state index in [0.29, 0.717) is 0 Å². The molecule has 4 heteroatoms. The largest absolute Gasteiger partial charge is 0.460 e. The number of hydrogen-bond acceptors (Lipinski definition) is 3. The van der Waals surface area contributed by atoms with E-state index in [4.69, 9.17) is 11.2 Å². The molecule has 0 amide bonds. The normalized spacial score (nSPS) is 11.1. The zero-order valence-corrected chi connectivity index (χ0v) is 12.7. The van der Waals surface area contributed by atoms with Crippen molar-refractivity contribution in [1.82, 2.24) is 10.2 Å². The van der Waals surface area contributed by atoms with Crippen LogP contribution >= 0.6 is 0 Å². The number of aromatic amines is 1. The van der Waals surface area contributed by atoms with Gasteiger partial charge in [0.15, 0.2) is 0 Å². The fourth-order valence-electron chi connectivity index (χ4n) is 1.95. The van der Waals surface area contributed by atoms with Crippen LogP contribution in [0.4, 0.5) is 0 Å². The number of carbonyl (C=O) groups is 1. The Kier molecular flexibility index (Phi) is 6.30. The lowest BCUT2D eigenvalue weighted by molar-refractivity contribution is -0.153. The van der Waals surface area contributed by atoms with Crippen molar-refractivity contribution in [2.75, 3.05) is 0 Å². The molecule has 0 spiro atoms.